The average molecular weight is 280 g/mol. The Hall–Kier alpha value is -1.02. The summed E-state index contributed by atoms with van der Waals surface area (Å²) in [6, 6.07) is 1.51. The zero-order valence-electron chi connectivity index (χ0n) is 10.4. The van der Waals surface area contributed by atoms with Crippen molar-refractivity contribution in [2.45, 2.75) is 11.2 Å². The summed E-state index contributed by atoms with van der Waals surface area (Å²) in [5, 5.41) is 2.93. The molecule has 18 heavy (non-hydrogen) atoms. The van der Waals surface area contributed by atoms with Gasteiger partial charge in [-0.15, -0.1) is 11.8 Å². The van der Waals surface area contributed by atoms with E-state index in [1.807, 2.05) is 19.0 Å². The minimum Gasteiger partial charge on any atom is -0.373 e. The average Bonchev–Trinajstić information content (AvgIpc) is 2.27. The van der Waals surface area contributed by atoms with E-state index in [0.717, 1.165) is 6.54 Å². The number of alkyl halides is 3. The first-order valence-corrected chi connectivity index (χ1v) is 6.23. The Balaban J connectivity index is 2.84. The van der Waals surface area contributed by atoms with Crippen LogP contribution in [0, 0.1) is 0 Å². The number of halogens is 3. The van der Waals surface area contributed by atoms with E-state index < -0.39 is 12.0 Å². The molecule has 0 radical (unpaired) electrons. The first-order valence-electron chi connectivity index (χ1n) is 5.24. The zero-order valence-corrected chi connectivity index (χ0v) is 11.2. The molecule has 1 aromatic rings. The van der Waals surface area contributed by atoms with Gasteiger partial charge in [-0.2, -0.15) is 13.2 Å². The van der Waals surface area contributed by atoms with E-state index >= 15 is 0 Å². The minimum atomic E-state index is -4.52. The highest BCUT2D eigenvalue weighted by molar-refractivity contribution is 7.99. The van der Waals surface area contributed by atoms with Gasteiger partial charge >= 0.3 is 6.18 Å². The summed E-state index contributed by atoms with van der Waals surface area (Å²) in [5.74, 6) is -0.267. The van der Waals surface area contributed by atoms with E-state index in [1.54, 1.807) is 0 Å². The lowest BCUT2D eigenvalue weighted by molar-refractivity contribution is -0.145. The van der Waals surface area contributed by atoms with Crippen molar-refractivity contribution in [2.24, 2.45) is 0 Å². The molecule has 1 rings (SSSR count). The van der Waals surface area contributed by atoms with Crippen molar-refractivity contribution in [3.8, 4) is 0 Å². The van der Waals surface area contributed by atoms with Crippen LogP contribution in [0.2, 0.25) is 0 Å². The van der Waals surface area contributed by atoms with Crippen LogP contribution >= 0.6 is 11.8 Å². The van der Waals surface area contributed by atoms with Crippen LogP contribution in [0.1, 0.15) is 5.82 Å². The van der Waals surface area contributed by atoms with Gasteiger partial charge in [0.05, 0.1) is 0 Å². The fourth-order valence-corrected chi connectivity index (χ4v) is 2.10. The Labute approximate surface area is 108 Å². The molecule has 0 fully saturated rings. The highest BCUT2D eigenvalue weighted by atomic mass is 32.2. The van der Waals surface area contributed by atoms with Crippen LogP contribution in [0.4, 0.5) is 19.0 Å². The van der Waals surface area contributed by atoms with E-state index in [2.05, 4.69) is 15.3 Å². The molecule has 0 aromatic carbocycles. The molecule has 0 aliphatic carbocycles. The lowest BCUT2D eigenvalue weighted by atomic mass is 10.5. The van der Waals surface area contributed by atoms with E-state index in [0.29, 0.717) is 10.8 Å². The van der Waals surface area contributed by atoms with Crippen LogP contribution in [0.25, 0.3) is 0 Å². The minimum absolute atomic E-state index is 0.171. The van der Waals surface area contributed by atoms with Crippen molar-refractivity contribution in [1.29, 1.82) is 0 Å². The van der Waals surface area contributed by atoms with Crippen LogP contribution in [0.3, 0.4) is 0 Å². The maximum Gasteiger partial charge on any atom is 0.451 e. The smallest absolute Gasteiger partial charge is 0.373 e. The van der Waals surface area contributed by atoms with E-state index in [4.69, 9.17) is 0 Å². The molecule has 0 saturated heterocycles. The second-order valence-electron chi connectivity index (χ2n) is 3.81. The first-order chi connectivity index (χ1) is 8.32. The van der Waals surface area contributed by atoms with Crippen LogP contribution in [-0.4, -0.2) is 48.3 Å². The second-order valence-corrected chi connectivity index (χ2v) is 4.93. The van der Waals surface area contributed by atoms with Crippen LogP contribution < -0.4 is 5.32 Å². The lowest BCUT2D eigenvalue weighted by Crippen LogP contribution is -2.15. The Bertz CT molecular complexity index is 395. The standard InChI is InChI=1S/C10H15F3N4S/c1-14-7-6-8(18-5-4-17(2)3)16-9(15-7)10(11,12)13/h6H,4-5H2,1-3H3,(H,14,15,16). The van der Waals surface area contributed by atoms with Crippen molar-refractivity contribution in [1.82, 2.24) is 14.9 Å². The predicted molar refractivity (Wildman–Crippen MR) is 65.9 cm³/mol. The van der Waals surface area contributed by atoms with Crippen LogP contribution in [0.15, 0.2) is 11.1 Å². The fourth-order valence-electron chi connectivity index (χ4n) is 1.09. The van der Waals surface area contributed by atoms with Gasteiger partial charge in [0.2, 0.25) is 5.82 Å². The normalized spacial score (nSPS) is 11.9. The van der Waals surface area contributed by atoms with Crippen molar-refractivity contribution in [2.75, 3.05) is 38.8 Å². The number of hydrogen-bond donors (Lipinski definition) is 1. The molecule has 0 bridgehead atoms. The van der Waals surface area contributed by atoms with Gasteiger partial charge in [0.25, 0.3) is 0 Å². The molecule has 0 amide bonds. The maximum absolute atomic E-state index is 12.6. The van der Waals surface area contributed by atoms with Gasteiger partial charge in [0.1, 0.15) is 10.8 Å². The third-order valence-electron chi connectivity index (χ3n) is 2.00. The van der Waals surface area contributed by atoms with Gasteiger partial charge in [-0.05, 0) is 14.1 Å². The summed E-state index contributed by atoms with van der Waals surface area (Å²) in [7, 11) is 5.33. The maximum atomic E-state index is 12.6. The molecule has 0 aliphatic heterocycles. The first kappa shape index (κ1) is 15.0. The number of rotatable bonds is 5. The summed E-state index contributed by atoms with van der Waals surface area (Å²) in [6.07, 6.45) is -4.52. The molecule has 1 heterocycles. The van der Waals surface area contributed by atoms with Crippen molar-refractivity contribution in [3.05, 3.63) is 11.9 Å². The third-order valence-corrected chi connectivity index (χ3v) is 2.89. The molecule has 8 heteroatoms. The summed E-state index contributed by atoms with van der Waals surface area (Å²) in [5.41, 5.74) is 0. The predicted octanol–water partition coefficient (Wildman–Crippen LogP) is 2.19. The molecular weight excluding hydrogens is 265 g/mol. The van der Waals surface area contributed by atoms with Gasteiger partial charge in [0, 0.05) is 25.4 Å². The van der Waals surface area contributed by atoms with Gasteiger partial charge in [-0.25, -0.2) is 9.97 Å². The molecule has 1 aromatic heterocycles. The number of hydrogen-bond acceptors (Lipinski definition) is 5. The molecule has 0 saturated carbocycles. The summed E-state index contributed by atoms with van der Waals surface area (Å²) < 4.78 is 37.7. The Kier molecular flexibility index (Phi) is 5.21. The number of aromatic nitrogens is 2. The van der Waals surface area contributed by atoms with Crippen LogP contribution in [0.5, 0.6) is 0 Å². The van der Waals surface area contributed by atoms with Crippen molar-refractivity contribution < 1.29 is 13.2 Å². The molecule has 4 nitrogen and oxygen atoms in total. The van der Waals surface area contributed by atoms with Gasteiger partial charge in [0.15, 0.2) is 0 Å². The van der Waals surface area contributed by atoms with Crippen molar-refractivity contribution in [3.63, 3.8) is 0 Å². The van der Waals surface area contributed by atoms with Gasteiger partial charge < -0.3 is 10.2 Å². The molecule has 1 N–H and O–H groups in total. The SMILES string of the molecule is CNc1cc(SCCN(C)C)nc(C(F)(F)F)n1. The monoisotopic (exact) mass is 280 g/mol. The second kappa shape index (κ2) is 6.24. The van der Waals surface area contributed by atoms with E-state index in [9.17, 15) is 13.2 Å². The zero-order chi connectivity index (χ0) is 13.8. The van der Waals surface area contributed by atoms with Crippen molar-refractivity contribution >= 4 is 17.6 Å². The van der Waals surface area contributed by atoms with E-state index in [-0.39, 0.29) is 5.82 Å². The molecule has 0 atom stereocenters. The Morgan fingerprint density at radius 2 is 2.00 bits per heavy atom. The summed E-state index contributed by atoms with van der Waals surface area (Å²) in [4.78, 5) is 8.87. The largest absolute Gasteiger partial charge is 0.451 e. The van der Waals surface area contributed by atoms with Gasteiger partial charge in [-0.1, -0.05) is 0 Å². The molecule has 0 spiro atoms. The molecule has 102 valence electrons. The highest BCUT2D eigenvalue weighted by Gasteiger charge is 2.35. The molecule has 0 unspecified atom stereocenters. The topological polar surface area (TPSA) is 41.0 Å². The van der Waals surface area contributed by atoms with Gasteiger partial charge in [-0.3, -0.25) is 0 Å². The lowest BCUT2D eigenvalue weighted by Gasteiger charge is -2.11. The molecular formula is C10H15F3N4S. The Morgan fingerprint density at radius 1 is 1.33 bits per heavy atom. The number of anilines is 1. The summed E-state index contributed by atoms with van der Waals surface area (Å²) in [6.45, 7) is 0.769. The number of nitrogens with zero attached hydrogens (tertiary/aromatic N) is 3. The summed E-state index contributed by atoms with van der Waals surface area (Å²) >= 11 is 1.28. The third kappa shape index (κ3) is 4.69. The van der Waals surface area contributed by atoms with E-state index in [1.165, 1.54) is 24.9 Å². The highest BCUT2D eigenvalue weighted by Crippen LogP contribution is 2.29. The fraction of sp³-hybridized carbons (Fsp3) is 0.600. The van der Waals surface area contributed by atoms with Crippen LogP contribution in [-0.2, 0) is 6.18 Å². The number of thioether (sulfide) groups is 1. The quantitative estimate of drug-likeness (QED) is 0.661. The number of nitrogens with one attached hydrogen (secondary N) is 1. The Morgan fingerprint density at radius 3 is 2.50 bits per heavy atom. The molecule has 0 aliphatic rings.